The van der Waals surface area contributed by atoms with Gasteiger partial charge in [0, 0.05) is 58.4 Å². The van der Waals surface area contributed by atoms with Crippen molar-refractivity contribution in [1.29, 1.82) is 0 Å². The average Bonchev–Trinajstić information content (AvgIpc) is 2.76. The minimum atomic E-state index is -0.891. The molecule has 2 N–H and O–H groups in total. The lowest BCUT2D eigenvalue weighted by Crippen LogP contribution is -2.50. The smallest absolute Gasteiger partial charge is 0.317 e. The molecule has 32 heavy (non-hydrogen) atoms. The Hall–Kier alpha value is -1.88. The molecule has 1 amide bonds. The second-order valence-electron chi connectivity index (χ2n) is 8.78. The number of carboxylic acids is 1. The van der Waals surface area contributed by atoms with Crippen molar-refractivity contribution in [3.8, 4) is 0 Å². The van der Waals surface area contributed by atoms with Crippen molar-refractivity contribution in [2.75, 3.05) is 78.5 Å². The Labute approximate surface area is 190 Å². The molecule has 2 aliphatic rings. The van der Waals surface area contributed by atoms with Crippen LogP contribution in [0.25, 0.3) is 0 Å². The molecule has 2 rings (SSSR count). The molecular weight excluding hydrogens is 414 g/mol. The normalized spacial score (nSPS) is 21.9. The fourth-order valence-electron chi connectivity index (χ4n) is 4.39. The summed E-state index contributed by atoms with van der Waals surface area (Å²) in [5, 5.41) is 12.4. The Morgan fingerprint density at radius 2 is 1.16 bits per heavy atom. The van der Waals surface area contributed by atoms with Crippen LogP contribution in [0.15, 0.2) is 0 Å². The predicted molar refractivity (Wildman–Crippen MR) is 121 cm³/mol. The Morgan fingerprint density at radius 3 is 1.59 bits per heavy atom. The number of nitrogens with one attached hydrogen (secondary N) is 1. The first-order valence-electron chi connectivity index (χ1n) is 11.8. The summed E-state index contributed by atoms with van der Waals surface area (Å²) in [7, 11) is 0. The molecule has 0 aromatic heterocycles. The first kappa shape index (κ1) is 26.4. The number of hydrogen-bond acceptors (Lipinski definition) is 8. The van der Waals surface area contributed by atoms with Crippen molar-refractivity contribution in [1.82, 2.24) is 24.9 Å². The Kier molecular flexibility index (Phi) is 12.4. The molecule has 1 saturated carbocycles. The fraction of sp³-hybridized carbons (Fsp3) is 0.818. The van der Waals surface area contributed by atoms with Gasteiger partial charge in [-0.3, -0.25) is 29.2 Å². The van der Waals surface area contributed by atoms with Gasteiger partial charge in [-0.2, -0.15) is 0 Å². The molecule has 2 fully saturated rings. The van der Waals surface area contributed by atoms with E-state index in [2.05, 4.69) is 10.2 Å². The maximum atomic E-state index is 12.7. The summed E-state index contributed by atoms with van der Waals surface area (Å²) in [6.45, 7) is 5.45. The predicted octanol–water partition coefficient (Wildman–Crippen LogP) is -0.861. The van der Waals surface area contributed by atoms with Gasteiger partial charge in [0.25, 0.3) is 0 Å². The molecule has 0 bridgehead atoms. The van der Waals surface area contributed by atoms with Crippen LogP contribution in [0.3, 0.4) is 0 Å². The summed E-state index contributed by atoms with van der Waals surface area (Å²) >= 11 is 0. The van der Waals surface area contributed by atoms with E-state index in [0.717, 1.165) is 38.3 Å². The van der Waals surface area contributed by atoms with E-state index in [0.29, 0.717) is 58.9 Å². The summed E-state index contributed by atoms with van der Waals surface area (Å²) in [5.41, 5.74) is 0. The minimum Gasteiger partial charge on any atom is -0.480 e. The molecule has 182 valence electrons. The van der Waals surface area contributed by atoms with Gasteiger partial charge in [0.1, 0.15) is 12.6 Å². The first-order valence-corrected chi connectivity index (χ1v) is 11.8. The van der Waals surface area contributed by atoms with Crippen LogP contribution in [0, 0.1) is 0 Å². The van der Waals surface area contributed by atoms with E-state index in [1.165, 1.54) is 6.42 Å². The van der Waals surface area contributed by atoms with Gasteiger partial charge < -0.3 is 20.0 Å². The van der Waals surface area contributed by atoms with Gasteiger partial charge in [0.15, 0.2) is 0 Å². The average molecular weight is 454 g/mol. The zero-order chi connectivity index (χ0) is 23.2. The Balaban J connectivity index is 2.01. The number of carbonyl (C=O) groups excluding carboxylic acids is 3. The van der Waals surface area contributed by atoms with Crippen LogP contribution in [0.4, 0.5) is 0 Å². The van der Waals surface area contributed by atoms with Crippen molar-refractivity contribution >= 4 is 24.4 Å². The zero-order valence-electron chi connectivity index (χ0n) is 19.1. The highest BCUT2D eigenvalue weighted by Gasteiger charge is 2.21. The van der Waals surface area contributed by atoms with Crippen LogP contribution in [0.2, 0.25) is 0 Å². The molecule has 1 heterocycles. The third-order valence-electron chi connectivity index (χ3n) is 6.29. The van der Waals surface area contributed by atoms with E-state index in [1.54, 1.807) is 0 Å². The van der Waals surface area contributed by atoms with Gasteiger partial charge in [0.2, 0.25) is 5.91 Å². The number of nitrogens with zero attached hydrogens (tertiary/aromatic N) is 4. The molecular formula is C22H39N5O5. The third-order valence-corrected chi connectivity index (χ3v) is 6.29. The van der Waals surface area contributed by atoms with Crippen LogP contribution in [-0.2, 0) is 19.2 Å². The van der Waals surface area contributed by atoms with Gasteiger partial charge >= 0.3 is 5.97 Å². The number of hydrogen-bond donors (Lipinski definition) is 2. The molecule has 10 nitrogen and oxygen atoms in total. The highest BCUT2D eigenvalue weighted by Crippen LogP contribution is 2.17. The number of carboxylic acid groups (broad SMARTS) is 1. The Bertz CT molecular complexity index is 599. The molecule has 1 aliphatic carbocycles. The fourth-order valence-corrected chi connectivity index (χ4v) is 4.39. The van der Waals surface area contributed by atoms with E-state index in [1.807, 2.05) is 14.7 Å². The lowest BCUT2D eigenvalue weighted by molar-refractivity contribution is -0.138. The maximum Gasteiger partial charge on any atom is 0.317 e. The number of carbonyl (C=O) groups is 4. The van der Waals surface area contributed by atoms with Crippen LogP contribution in [0.1, 0.15) is 32.1 Å². The third kappa shape index (κ3) is 10.6. The molecule has 1 saturated heterocycles. The van der Waals surface area contributed by atoms with E-state index < -0.39 is 5.97 Å². The minimum absolute atomic E-state index is 0.00729. The highest BCUT2D eigenvalue weighted by atomic mass is 16.4. The number of rotatable bonds is 9. The molecule has 10 heteroatoms. The van der Waals surface area contributed by atoms with Crippen LogP contribution in [-0.4, -0.2) is 134 Å². The monoisotopic (exact) mass is 453 g/mol. The van der Waals surface area contributed by atoms with Crippen molar-refractivity contribution < 1.29 is 24.3 Å². The molecule has 0 unspecified atom stereocenters. The van der Waals surface area contributed by atoms with Crippen molar-refractivity contribution in [2.24, 2.45) is 0 Å². The van der Waals surface area contributed by atoms with Gasteiger partial charge in [-0.1, -0.05) is 19.3 Å². The molecule has 0 atom stereocenters. The second kappa shape index (κ2) is 15.0. The van der Waals surface area contributed by atoms with Crippen molar-refractivity contribution in [3.63, 3.8) is 0 Å². The molecule has 0 radical (unpaired) electrons. The SMILES string of the molecule is O=CCN1CCN(CC=O)CCN(CC(=O)NC2CCCCC2)CCN(CC(=O)O)CC1. The summed E-state index contributed by atoms with van der Waals surface area (Å²) in [5.74, 6) is -0.884. The highest BCUT2D eigenvalue weighted by molar-refractivity contribution is 5.78. The summed E-state index contributed by atoms with van der Waals surface area (Å²) < 4.78 is 0. The molecule has 0 aromatic carbocycles. The van der Waals surface area contributed by atoms with E-state index in [9.17, 15) is 24.3 Å². The topological polar surface area (TPSA) is 114 Å². The number of amides is 1. The van der Waals surface area contributed by atoms with Gasteiger partial charge in [-0.25, -0.2) is 0 Å². The van der Waals surface area contributed by atoms with E-state index in [-0.39, 0.29) is 31.6 Å². The summed E-state index contributed by atoms with van der Waals surface area (Å²) in [4.78, 5) is 54.1. The van der Waals surface area contributed by atoms with E-state index >= 15 is 0 Å². The summed E-state index contributed by atoms with van der Waals surface area (Å²) in [6, 6.07) is 0.252. The van der Waals surface area contributed by atoms with Gasteiger partial charge in [-0.15, -0.1) is 0 Å². The van der Waals surface area contributed by atoms with Crippen LogP contribution in [0.5, 0.6) is 0 Å². The van der Waals surface area contributed by atoms with Gasteiger partial charge in [0.05, 0.1) is 26.2 Å². The van der Waals surface area contributed by atoms with Gasteiger partial charge in [-0.05, 0) is 12.8 Å². The van der Waals surface area contributed by atoms with Crippen LogP contribution < -0.4 is 5.32 Å². The standard InChI is InChI=1S/C22H39N5O5/c28-16-14-24-6-7-25(15-17-29)9-11-27(19-22(31)32)13-12-26(10-8-24)18-21(30)23-20-4-2-1-3-5-20/h16-17,20H,1-15,18-19H2,(H,23,30)(H,31,32). The molecule has 0 aromatic rings. The van der Waals surface area contributed by atoms with E-state index in [4.69, 9.17) is 0 Å². The van der Waals surface area contributed by atoms with Crippen molar-refractivity contribution in [2.45, 2.75) is 38.1 Å². The summed E-state index contributed by atoms with van der Waals surface area (Å²) in [6.07, 6.45) is 7.33. The quantitative estimate of drug-likeness (QED) is 0.431. The second-order valence-corrected chi connectivity index (χ2v) is 8.78. The van der Waals surface area contributed by atoms with Crippen LogP contribution >= 0.6 is 0 Å². The number of aliphatic carboxylic acids is 1. The molecule has 0 spiro atoms. The Morgan fingerprint density at radius 1 is 0.719 bits per heavy atom. The number of aldehydes is 2. The molecule has 1 aliphatic heterocycles. The largest absolute Gasteiger partial charge is 0.480 e. The first-order chi connectivity index (χ1) is 15.5. The maximum absolute atomic E-state index is 12.7. The zero-order valence-corrected chi connectivity index (χ0v) is 19.1. The lowest BCUT2D eigenvalue weighted by Gasteiger charge is -2.33. The lowest BCUT2D eigenvalue weighted by atomic mass is 9.95. The van der Waals surface area contributed by atoms with Crippen molar-refractivity contribution in [3.05, 3.63) is 0 Å².